The molecular formula is C23H19N3O6. The molecule has 1 aromatic heterocycles. The van der Waals surface area contributed by atoms with Gasteiger partial charge in [0.05, 0.1) is 41.7 Å². The van der Waals surface area contributed by atoms with Gasteiger partial charge in [-0.25, -0.2) is 0 Å². The average molecular weight is 433 g/mol. The fourth-order valence-electron chi connectivity index (χ4n) is 5.73. The molecule has 0 N–H and O–H groups in total. The molecule has 4 aliphatic carbocycles. The second-order valence-electron chi connectivity index (χ2n) is 8.73. The van der Waals surface area contributed by atoms with Crippen molar-refractivity contribution in [3.8, 4) is 17.1 Å². The van der Waals surface area contributed by atoms with Crippen molar-refractivity contribution in [3.63, 3.8) is 0 Å². The van der Waals surface area contributed by atoms with Gasteiger partial charge in [0.15, 0.2) is 0 Å². The third kappa shape index (κ3) is 2.60. The smallest absolute Gasteiger partial charge is 0.273 e. The first kappa shape index (κ1) is 19.0. The standard InChI is InChI=1S/C23H19N3O6/c1-31-19-8-11(26(29)30)2-4-15(19)18-7-3-12(32-18)10-24-25-22(27)20-13-5-6-14(17-9-16(13)17)21(20)23(25)28/h2-8,10,13-14,16-17,20-21H,9H2,1H3/b24-10-/t13-,14+,16-,17+,20+,21-. The number of rotatable bonds is 5. The van der Waals surface area contributed by atoms with Crippen LogP contribution in [0.1, 0.15) is 12.2 Å². The molecule has 2 saturated carbocycles. The van der Waals surface area contributed by atoms with E-state index in [1.54, 1.807) is 18.2 Å². The van der Waals surface area contributed by atoms with Gasteiger partial charge < -0.3 is 9.15 Å². The van der Waals surface area contributed by atoms with Gasteiger partial charge in [-0.05, 0) is 48.3 Å². The number of hydrogen-bond acceptors (Lipinski definition) is 7. The summed E-state index contributed by atoms with van der Waals surface area (Å²) in [6.45, 7) is 0. The molecule has 162 valence electrons. The van der Waals surface area contributed by atoms with E-state index >= 15 is 0 Å². The minimum absolute atomic E-state index is 0.0902. The SMILES string of the molecule is COc1cc([N+](=O)[O-])ccc1-c1ccc(/C=N\N2C(=O)[C@@H]3[C@H]4C=C[C@H]([C@H]5C[C@@H]45)[C@@H]3C2=O)o1. The first-order chi connectivity index (χ1) is 15.5. The van der Waals surface area contributed by atoms with Gasteiger partial charge in [0.25, 0.3) is 17.5 Å². The van der Waals surface area contributed by atoms with Crippen molar-refractivity contribution in [2.75, 3.05) is 7.11 Å². The summed E-state index contributed by atoms with van der Waals surface area (Å²) in [6.07, 6.45) is 6.70. The number of non-ortho nitro benzene ring substituents is 1. The Balaban J connectivity index is 1.24. The Morgan fingerprint density at radius 2 is 1.81 bits per heavy atom. The Morgan fingerprint density at radius 1 is 1.12 bits per heavy atom. The second kappa shape index (κ2) is 6.62. The molecular weight excluding hydrogens is 414 g/mol. The maximum atomic E-state index is 13.0. The zero-order valence-corrected chi connectivity index (χ0v) is 17.1. The fourth-order valence-corrected chi connectivity index (χ4v) is 5.73. The highest BCUT2D eigenvalue weighted by atomic mass is 16.6. The van der Waals surface area contributed by atoms with Crippen molar-refractivity contribution in [3.05, 3.63) is 58.4 Å². The topological polar surface area (TPSA) is 115 Å². The van der Waals surface area contributed by atoms with Crippen molar-refractivity contribution in [1.29, 1.82) is 0 Å². The number of carbonyl (C=O) groups is 2. The van der Waals surface area contributed by atoms with E-state index < -0.39 is 4.92 Å². The van der Waals surface area contributed by atoms with E-state index in [0.29, 0.717) is 34.7 Å². The van der Waals surface area contributed by atoms with Crippen LogP contribution in [0.4, 0.5) is 5.69 Å². The monoisotopic (exact) mass is 433 g/mol. The molecule has 5 aliphatic rings. The van der Waals surface area contributed by atoms with Gasteiger partial charge in [-0.3, -0.25) is 19.7 Å². The van der Waals surface area contributed by atoms with Crippen LogP contribution in [0.2, 0.25) is 0 Å². The van der Waals surface area contributed by atoms with Crippen LogP contribution >= 0.6 is 0 Å². The van der Waals surface area contributed by atoms with E-state index in [1.165, 1.54) is 25.5 Å². The zero-order valence-electron chi connectivity index (χ0n) is 17.1. The number of nitro groups is 1. The zero-order chi connectivity index (χ0) is 22.1. The Labute approximate surface area is 182 Å². The van der Waals surface area contributed by atoms with Crippen molar-refractivity contribution < 1.29 is 23.7 Å². The van der Waals surface area contributed by atoms with E-state index in [1.807, 2.05) is 0 Å². The van der Waals surface area contributed by atoms with Crippen molar-refractivity contribution in [1.82, 2.24) is 5.01 Å². The predicted molar refractivity (Wildman–Crippen MR) is 111 cm³/mol. The molecule has 2 bridgehead atoms. The van der Waals surface area contributed by atoms with E-state index in [0.717, 1.165) is 11.4 Å². The molecule has 1 saturated heterocycles. The number of hydrazone groups is 1. The van der Waals surface area contributed by atoms with Crippen molar-refractivity contribution >= 4 is 23.7 Å². The molecule has 2 aromatic rings. The van der Waals surface area contributed by atoms with Crippen LogP contribution in [0, 0.1) is 45.6 Å². The Hall–Kier alpha value is -3.75. The summed E-state index contributed by atoms with van der Waals surface area (Å²) in [7, 11) is 1.42. The summed E-state index contributed by atoms with van der Waals surface area (Å²) in [5.41, 5.74) is 0.450. The summed E-state index contributed by atoms with van der Waals surface area (Å²) in [5, 5.41) is 16.2. The summed E-state index contributed by atoms with van der Waals surface area (Å²) >= 11 is 0. The third-order valence-electron chi connectivity index (χ3n) is 7.23. The highest BCUT2D eigenvalue weighted by Gasteiger charge is 2.67. The molecule has 6 atom stereocenters. The van der Waals surface area contributed by atoms with E-state index in [9.17, 15) is 19.7 Å². The number of carbonyl (C=O) groups excluding carboxylic acids is 2. The third-order valence-corrected chi connectivity index (χ3v) is 7.23. The lowest BCUT2D eigenvalue weighted by Crippen LogP contribution is -2.40. The summed E-state index contributed by atoms with van der Waals surface area (Å²) in [5.74, 6) is 1.39. The van der Waals surface area contributed by atoms with Crippen LogP contribution in [-0.4, -0.2) is 35.1 Å². The molecule has 3 fully saturated rings. The van der Waals surface area contributed by atoms with Gasteiger partial charge in [0.2, 0.25) is 0 Å². The molecule has 2 heterocycles. The maximum Gasteiger partial charge on any atom is 0.273 e. The van der Waals surface area contributed by atoms with Crippen LogP contribution < -0.4 is 4.74 Å². The van der Waals surface area contributed by atoms with Gasteiger partial charge in [-0.15, -0.1) is 0 Å². The summed E-state index contributed by atoms with van der Waals surface area (Å²) in [6, 6.07) is 7.56. The van der Waals surface area contributed by atoms with Gasteiger partial charge >= 0.3 is 0 Å². The molecule has 0 spiro atoms. The van der Waals surface area contributed by atoms with Crippen LogP contribution in [0.3, 0.4) is 0 Å². The molecule has 0 unspecified atom stereocenters. The summed E-state index contributed by atoms with van der Waals surface area (Å²) < 4.78 is 11.0. The average Bonchev–Trinajstić information content (AvgIpc) is 3.44. The lowest BCUT2D eigenvalue weighted by Gasteiger charge is -2.37. The van der Waals surface area contributed by atoms with Gasteiger partial charge in [0.1, 0.15) is 17.3 Å². The second-order valence-corrected chi connectivity index (χ2v) is 8.73. The molecule has 1 aromatic carbocycles. The van der Waals surface area contributed by atoms with Crippen LogP contribution in [0.5, 0.6) is 5.75 Å². The highest BCUT2D eigenvalue weighted by Crippen LogP contribution is 2.65. The quantitative estimate of drug-likeness (QED) is 0.235. The lowest BCUT2D eigenvalue weighted by molar-refractivity contribution is -0.384. The number of methoxy groups -OCH3 is 1. The summed E-state index contributed by atoms with van der Waals surface area (Å²) in [4.78, 5) is 36.4. The molecule has 32 heavy (non-hydrogen) atoms. The largest absolute Gasteiger partial charge is 0.496 e. The first-order valence-corrected chi connectivity index (χ1v) is 10.5. The first-order valence-electron chi connectivity index (χ1n) is 10.5. The Bertz CT molecular complexity index is 1190. The lowest BCUT2D eigenvalue weighted by atomic mass is 9.63. The highest BCUT2D eigenvalue weighted by molar-refractivity contribution is 6.06. The van der Waals surface area contributed by atoms with E-state index in [2.05, 4.69) is 17.3 Å². The number of furan rings is 1. The molecule has 7 rings (SSSR count). The van der Waals surface area contributed by atoms with E-state index in [-0.39, 0.29) is 41.2 Å². The number of imide groups is 1. The van der Waals surface area contributed by atoms with Gasteiger partial charge in [0, 0.05) is 6.07 Å². The normalized spacial score (nSPS) is 31.8. The number of allylic oxidation sites excluding steroid dienone is 2. The van der Waals surface area contributed by atoms with Crippen LogP contribution in [0.15, 0.2) is 52.0 Å². The maximum absolute atomic E-state index is 13.0. The number of ether oxygens (including phenoxy) is 1. The predicted octanol–water partition coefficient (Wildman–Crippen LogP) is 3.25. The Kier molecular flexibility index (Phi) is 3.93. The Morgan fingerprint density at radius 3 is 2.44 bits per heavy atom. The molecule has 9 heteroatoms. The van der Waals surface area contributed by atoms with E-state index in [4.69, 9.17) is 9.15 Å². The minimum atomic E-state index is -0.501. The number of amides is 2. The fraction of sp³-hybridized carbons (Fsp3) is 0.348. The molecule has 9 nitrogen and oxygen atoms in total. The van der Waals surface area contributed by atoms with Gasteiger partial charge in [-0.2, -0.15) is 10.1 Å². The van der Waals surface area contributed by atoms with Crippen LogP contribution in [-0.2, 0) is 9.59 Å². The van der Waals surface area contributed by atoms with Crippen LogP contribution in [0.25, 0.3) is 11.3 Å². The van der Waals surface area contributed by atoms with Gasteiger partial charge in [-0.1, -0.05) is 12.2 Å². The number of nitrogens with zero attached hydrogens (tertiary/aromatic N) is 3. The van der Waals surface area contributed by atoms with Crippen molar-refractivity contribution in [2.45, 2.75) is 6.42 Å². The number of hydrogen-bond donors (Lipinski definition) is 0. The molecule has 0 radical (unpaired) electrons. The molecule has 2 amide bonds. The minimum Gasteiger partial charge on any atom is -0.496 e. The number of benzene rings is 1. The molecule has 1 aliphatic heterocycles. The van der Waals surface area contributed by atoms with Crippen molar-refractivity contribution in [2.24, 2.45) is 40.6 Å². The number of nitro benzene ring substituents is 1.